The van der Waals surface area contributed by atoms with E-state index >= 15 is 0 Å². The van der Waals surface area contributed by atoms with E-state index in [9.17, 15) is 14.7 Å². The predicted octanol–water partition coefficient (Wildman–Crippen LogP) is 1.10. The number of aromatic nitrogens is 2. The number of carboxylic acid groups (broad SMARTS) is 1. The van der Waals surface area contributed by atoms with Gasteiger partial charge in [-0.25, -0.2) is 4.79 Å². The summed E-state index contributed by atoms with van der Waals surface area (Å²) in [5, 5.41) is 15.7. The van der Waals surface area contributed by atoms with Crippen LogP contribution in [0.4, 0.5) is 0 Å². The number of hydrogen-bond donors (Lipinski definition) is 2. The fraction of sp³-hybridized carbons (Fsp3) is 0.583. The molecule has 100 valence electrons. The third kappa shape index (κ3) is 2.69. The number of aliphatic carboxylic acids is 1. The maximum absolute atomic E-state index is 12.0. The lowest BCUT2D eigenvalue weighted by Crippen LogP contribution is -2.52. The van der Waals surface area contributed by atoms with Crippen LogP contribution in [0.5, 0.6) is 0 Å². The Balaban J connectivity index is 2.92. The van der Waals surface area contributed by atoms with Gasteiger partial charge in [0.15, 0.2) is 0 Å². The van der Waals surface area contributed by atoms with Crippen molar-refractivity contribution in [3.05, 3.63) is 17.5 Å². The second-order valence-corrected chi connectivity index (χ2v) is 4.61. The van der Waals surface area contributed by atoms with Crippen LogP contribution in [0.3, 0.4) is 0 Å². The molecular formula is C12H19N3O3. The lowest BCUT2D eigenvalue weighted by Gasteiger charge is -2.25. The molecule has 0 aromatic carbocycles. The minimum Gasteiger partial charge on any atom is -0.480 e. The van der Waals surface area contributed by atoms with E-state index in [4.69, 9.17) is 0 Å². The zero-order valence-electron chi connectivity index (χ0n) is 11.1. The van der Waals surface area contributed by atoms with Gasteiger partial charge < -0.3 is 10.4 Å². The van der Waals surface area contributed by atoms with Crippen LogP contribution in [0.1, 0.15) is 42.7 Å². The summed E-state index contributed by atoms with van der Waals surface area (Å²) in [6.07, 6.45) is 2.50. The Hall–Kier alpha value is -1.85. The molecule has 0 aliphatic rings. The molecule has 0 fully saturated rings. The minimum atomic E-state index is -1.24. The molecule has 6 heteroatoms. The van der Waals surface area contributed by atoms with Crippen molar-refractivity contribution in [2.75, 3.05) is 0 Å². The first kappa shape index (κ1) is 14.2. The number of carbonyl (C=O) groups excluding carboxylic acids is 1. The summed E-state index contributed by atoms with van der Waals surface area (Å²) in [6.45, 7) is 5.16. The molecule has 1 aromatic rings. The number of nitrogens with zero attached hydrogens (tertiary/aromatic N) is 2. The third-order valence-electron chi connectivity index (χ3n) is 3.09. The van der Waals surface area contributed by atoms with Gasteiger partial charge in [0, 0.05) is 12.7 Å². The normalized spacial score (nSPS) is 14.0. The molecule has 1 atom stereocenters. The van der Waals surface area contributed by atoms with Crippen molar-refractivity contribution in [3.63, 3.8) is 0 Å². The Morgan fingerprint density at radius 1 is 1.56 bits per heavy atom. The maximum Gasteiger partial charge on any atom is 0.329 e. The Kier molecular flexibility index (Phi) is 4.11. The van der Waals surface area contributed by atoms with Crippen LogP contribution in [0.15, 0.2) is 6.20 Å². The molecule has 2 N–H and O–H groups in total. The van der Waals surface area contributed by atoms with E-state index in [1.807, 2.05) is 6.92 Å². The van der Waals surface area contributed by atoms with Gasteiger partial charge in [0.1, 0.15) is 5.54 Å². The molecule has 0 saturated heterocycles. The van der Waals surface area contributed by atoms with E-state index in [1.165, 1.54) is 13.1 Å². The topological polar surface area (TPSA) is 84.2 Å². The van der Waals surface area contributed by atoms with Crippen LogP contribution in [-0.2, 0) is 11.8 Å². The first-order chi connectivity index (χ1) is 8.31. The molecule has 6 nitrogen and oxygen atoms in total. The Morgan fingerprint density at radius 2 is 2.17 bits per heavy atom. The first-order valence-corrected chi connectivity index (χ1v) is 5.86. The molecule has 0 spiro atoms. The highest BCUT2D eigenvalue weighted by molar-refractivity contribution is 5.98. The molecular weight excluding hydrogens is 234 g/mol. The average molecular weight is 253 g/mol. The molecule has 1 heterocycles. The first-order valence-electron chi connectivity index (χ1n) is 5.86. The van der Waals surface area contributed by atoms with Crippen molar-refractivity contribution >= 4 is 11.9 Å². The second kappa shape index (κ2) is 5.20. The molecule has 1 amide bonds. The van der Waals surface area contributed by atoms with E-state index in [0.717, 1.165) is 0 Å². The molecule has 0 radical (unpaired) electrons. The van der Waals surface area contributed by atoms with E-state index < -0.39 is 17.4 Å². The fourth-order valence-electron chi connectivity index (χ4n) is 1.76. The van der Waals surface area contributed by atoms with Crippen molar-refractivity contribution in [2.45, 2.75) is 39.2 Å². The number of hydrogen-bond acceptors (Lipinski definition) is 3. The lowest BCUT2D eigenvalue weighted by atomic mass is 9.96. The van der Waals surface area contributed by atoms with Gasteiger partial charge in [-0.15, -0.1) is 0 Å². The smallest absolute Gasteiger partial charge is 0.329 e. The fourth-order valence-corrected chi connectivity index (χ4v) is 1.76. The van der Waals surface area contributed by atoms with Gasteiger partial charge in [0.2, 0.25) is 0 Å². The molecule has 0 aliphatic carbocycles. The SMILES string of the molecule is CCCC(C)(NC(=O)c1cnn(C)c1C)C(=O)O. The molecule has 1 aromatic heterocycles. The van der Waals surface area contributed by atoms with Gasteiger partial charge in [-0.2, -0.15) is 5.10 Å². The lowest BCUT2D eigenvalue weighted by molar-refractivity contribution is -0.144. The van der Waals surface area contributed by atoms with Gasteiger partial charge in [0.25, 0.3) is 5.91 Å². The summed E-state index contributed by atoms with van der Waals surface area (Å²) < 4.78 is 1.58. The molecule has 0 bridgehead atoms. The highest BCUT2D eigenvalue weighted by atomic mass is 16.4. The standard InChI is InChI=1S/C12H19N3O3/c1-5-6-12(3,11(17)18)14-10(16)9-7-13-15(4)8(9)2/h7H,5-6H2,1-4H3,(H,14,16)(H,17,18). The number of carbonyl (C=O) groups is 2. The molecule has 1 rings (SSSR count). The number of rotatable bonds is 5. The molecule has 0 saturated carbocycles. The molecule has 1 unspecified atom stereocenters. The van der Waals surface area contributed by atoms with Crippen molar-refractivity contribution in [1.29, 1.82) is 0 Å². The summed E-state index contributed by atoms with van der Waals surface area (Å²) in [6, 6.07) is 0. The molecule has 0 aliphatic heterocycles. The summed E-state index contributed by atoms with van der Waals surface area (Å²) in [5.74, 6) is -1.43. The highest BCUT2D eigenvalue weighted by Crippen LogP contribution is 2.15. The van der Waals surface area contributed by atoms with E-state index in [2.05, 4.69) is 10.4 Å². The summed E-state index contributed by atoms with van der Waals surface area (Å²) in [5.41, 5.74) is -0.133. The van der Waals surface area contributed by atoms with Crippen LogP contribution in [0.2, 0.25) is 0 Å². The van der Waals surface area contributed by atoms with Gasteiger partial charge in [-0.05, 0) is 20.3 Å². The molecule has 18 heavy (non-hydrogen) atoms. The summed E-state index contributed by atoms with van der Waals surface area (Å²) in [4.78, 5) is 23.3. The Morgan fingerprint density at radius 3 is 2.56 bits per heavy atom. The number of amides is 1. The van der Waals surface area contributed by atoms with Crippen LogP contribution in [0.25, 0.3) is 0 Å². The quantitative estimate of drug-likeness (QED) is 0.823. The summed E-state index contributed by atoms with van der Waals surface area (Å²) in [7, 11) is 1.73. The van der Waals surface area contributed by atoms with E-state index in [-0.39, 0.29) is 0 Å². The third-order valence-corrected chi connectivity index (χ3v) is 3.09. The zero-order chi connectivity index (χ0) is 13.9. The van der Waals surface area contributed by atoms with Gasteiger partial charge in [0.05, 0.1) is 11.8 Å². The van der Waals surface area contributed by atoms with E-state index in [1.54, 1.807) is 18.7 Å². The van der Waals surface area contributed by atoms with Crippen molar-refractivity contribution in [2.24, 2.45) is 7.05 Å². The van der Waals surface area contributed by atoms with Crippen molar-refractivity contribution in [3.8, 4) is 0 Å². The van der Waals surface area contributed by atoms with Crippen LogP contribution < -0.4 is 5.32 Å². The minimum absolute atomic E-state index is 0.382. The van der Waals surface area contributed by atoms with Gasteiger partial charge >= 0.3 is 5.97 Å². The van der Waals surface area contributed by atoms with Crippen molar-refractivity contribution in [1.82, 2.24) is 15.1 Å². The van der Waals surface area contributed by atoms with Gasteiger partial charge in [-0.1, -0.05) is 13.3 Å². The monoisotopic (exact) mass is 253 g/mol. The second-order valence-electron chi connectivity index (χ2n) is 4.61. The van der Waals surface area contributed by atoms with Crippen molar-refractivity contribution < 1.29 is 14.7 Å². The Labute approximate surface area is 106 Å². The zero-order valence-corrected chi connectivity index (χ0v) is 11.1. The number of carboxylic acids is 1. The predicted molar refractivity (Wildman–Crippen MR) is 66.4 cm³/mol. The summed E-state index contributed by atoms with van der Waals surface area (Å²) >= 11 is 0. The van der Waals surface area contributed by atoms with Crippen LogP contribution in [-0.4, -0.2) is 32.3 Å². The van der Waals surface area contributed by atoms with E-state index in [0.29, 0.717) is 24.1 Å². The van der Waals surface area contributed by atoms with Crippen LogP contribution >= 0.6 is 0 Å². The average Bonchev–Trinajstić information content (AvgIpc) is 2.59. The highest BCUT2D eigenvalue weighted by Gasteiger charge is 2.34. The Bertz CT molecular complexity index is 467. The maximum atomic E-state index is 12.0. The van der Waals surface area contributed by atoms with Gasteiger partial charge in [-0.3, -0.25) is 9.48 Å². The van der Waals surface area contributed by atoms with Crippen LogP contribution in [0, 0.1) is 6.92 Å². The number of nitrogens with one attached hydrogen (secondary N) is 1. The number of aryl methyl sites for hydroxylation is 1. The largest absolute Gasteiger partial charge is 0.480 e.